The molecule has 1 amide bonds. The van der Waals surface area contributed by atoms with E-state index in [0.717, 1.165) is 32.5 Å². The van der Waals surface area contributed by atoms with E-state index in [0.29, 0.717) is 11.5 Å². The molecule has 1 aliphatic heterocycles. The SMILES string of the molecule is CNCC1CCCN(C(=O)c2ccccc2O)C1. The summed E-state index contributed by atoms with van der Waals surface area (Å²) >= 11 is 0. The number of nitrogens with one attached hydrogen (secondary N) is 1. The Hall–Kier alpha value is -1.55. The third kappa shape index (κ3) is 2.82. The molecule has 1 aromatic rings. The van der Waals surface area contributed by atoms with Crippen LogP contribution in [0.2, 0.25) is 0 Å². The molecule has 1 aliphatic rings. The molecule has 0 bridgehead atoms. The second-order valence-corrected chi connectivity index (χ2v) is 4.83. The summed E-state index contributed by atoms with van der Waals surface area (Å²) < 4.78 is 0. The zero-order chi connectivity index (χ0) is 13.0. The molecule has 0 saturated carbocycles. The highest BCUT2D eigenvalue weighted by molar-refractivity contribution is 5.96. The van der Waals surface area contributed by atoms with Gasteiger partial charge in [0.25, 0.3) is 5.91 Å². The first kappa shape index (κ1) is 12.9. The van der Waals surface area contributed by atoms with E-state index in [1.54, 1.807) is 24.3 Å². The van der Waals surface area contributed by atoms with E-state index in [-0.39, 0.29) is 11.7 Å². The van der Waals surface area contributed by atoms with Gasteiger partial charge in [-0.1, -0.05) is 12.1 Å². The van der Waals surface area contributed by atoms with Gasteiger partial charge in [-0.05, 0) is 44.5 Å². The average Bonchev–Trinajstić information content (AvgIpc) is 2.39. The molecule has 1 heterocycles. The van der Waals surface area contributed by atoms with Gasteiger partial charge in [-0.3, -0.25) is 4.79 Å². The summed E-state index contributed by atoms with van der Waals surface area (Å²) in [7, 11) is 1.93. The lowest BCUT2D eigenvalue weighted by molar-refractivity contribution is 0.0671. The van der Waals surface area contributed by atoms with Crippen LogP contribution in [0.4, 0.5) is 0 Å². The third-order valence-corrected chi connectivity index (χ3v) is 3.43. The molecule has 4 heteroatoms. The fourth-order valence-electron chi connectivity index (χ4n) is 2.53. The number of amides is 1. The van der Waals surface area contributed by atoms with Crippen molar-refractivity contribution >= 4 is 5.91 Å². The van der Waals surface area contributed by atoms with Crippen molar-refractivity contribution in [2.45, 2.75) is 12.8 Å². The maximum Gasteiger partial charge on any atom is 0.257 e. The van der Waals surface area contributed by atoms with Gasteiger partial charge in [-0.15, -0.1) is 0 Å². The summed E-state index contributed by atoms with van der Waals surface area (Å²) in [5.74, 6) is 0.519. The number of phenolic OH excluding ortho intramolecular Hbond substituents is 1. The summed E-state index contributed by atoms with van der Waals surface area (Å²) in [6, 6.07) is 6.75. The van der Waals surface area contributed by atoms with E-state index in [4.69, 9.17) is 0 Å². The largest absolute Gasteiger partial charge is 0.507 e. The standard InChI is InChI=1S/C14H20N2O2/c1-15-9-11-5-4-8-16(10-11)14(18)12-6-2-3-7-13(12)17/h2-3,6-7,11,15,17H,4-5,8-10H2,1H3. The van der Waals surface area contributed by atoms with Crippen LogP contribution in [-0.4, -0.2) is 42.6 Å². The zero-order valence-electron chi connectivity index (χ0n) is 10.7. The molecule has 1 aromatic carbocycles. The molecule has 2 rings (SSSR count). The quantitative estimate of drug-likeness (QED) is 0.851. The number of phenols is 1. The van der Waals surface area contributed by atoms with Gasteiger partial charge < -0.3 is 15.3 Å². The molecule has 1 atom stereocenters. The first-order chi connectivity index (χ1) is 8.72. The molecule has 0 spiro atoms. The maximum absolute atomic E-state index is 12.3. The third-order valence-electron chi connectivity index (χ3n) is 3.43. The highest BCUT2D eigenvalue weighted by Crippen LogP contribution is 2.22. The smallest absolute Gasteiger partial charge is 0.257 e. The van der Waals surface area contributed by atoms with Gasteiger partial charge in [-0.25, -0.2) is 0 Å². The minimum atomic E-state index is -0.0612. The van der Waals surface area contributed by atoms with Gasteiger partial charge in [0.15, 0.2) is 0 Å². The van der Waals surface area contributed by atoms with Crippen LogP contribution in [0.3, 0.4) is 0 Å². The number of carbonyl (C=O) groups excluding carboxylic acids is 1. The molecule has 4 nitrogen and oxygen atoms in total. The highest BCUT2D eigenvalue weighted by atomic mass is 16.3. The average molecular weight is 248 g/mol. The van der Waals surface area contributed by atoms with Gasteiger partial charge in [0, 0.05) is 13.1 Å². The Kier molecular flexibility index (Phi) is 4.20. The van der Waals surface area contributed by atoms with E-state index in [1.807, 2.05) is 11.9 Å². The van der Waals surface area contributed by atoms with Crippen molar-refractivity contribution in [3.8, 4) is 5.75 Å². The van der Waals surface area contributed by atoms with Crippen LogP contribution in [0.25, 0.3) is 0 Å². The summed E-state index contributed by atoms with van der Waals surface area (Å²) in [5, 5.41) is 12.9. The summed E-state index contributed by atoms with van der Waals surface area (Å²) in [6.07, 6.45) is 2.19. The molecule has 0 aromatic heterocycles. The number of likely N-dealkylation sites (tertiary alicyclic amines) is 1. The van der Waals surface area contributed by atoms with Crippen LogP contribution in [0, 0.1) is 5.92 Å². The van der Waals surface area contributed by atoms with E-state index < -0.39 is 0 Å². The predicted molar refractivity (Wildman–Crippen MR) is 70.7 cm³/mol. The Morgan fingerprint density at radius 1 is 1.50 bits per heavy atom. The number of para-hydroxylation sites is 1. The van der Waals surface area contributed by atoms with Crippen LogP contribution in [-0.2, 0) is 0 Å². The Bertz CT molecular complexity index is 418. The van der Waals surface area contributed by atoms with Crippen molar-refractivity contribution in [1.29, 1.82) is 0 Å². The summed E-state index contributed by atoms with van der Waals surface area (Å²) in [6.45, 7) is 2.49. The first-order valence-corrected chi connectivity index (χ1v) is 6.44. The van der Waals surface area contributed by atoms with Crippen LogP contribution in [0.1, 0.15) is 23.2 Å². The van der Waals surface area contributed by atoms with Crippen LogP contribution in [0.15, 0.2) is 24.3 Å². The van der Waals surface area contributed by atoms with Crippen LogP contribution in [0.5, 0.6) is 5.75 Å². The Labute approximate surface area is 108 Å². The predicted octanol–water partition coefficient (Wildman–Crippen LogP) is 1.46. The Balaban J connectivity index is 2.07. The van der Waals surface area contributed by atoms with Crippen molar-refractivity contribution in [3.63, 3.8) is 0 Å². The number of benzene rings is 1. The number of carbonyl (C=O) groups is 1. The Morgan fingerprint density at radius 2 is 2.28 bits per heavy atom. The molecule has 1 unspecified atom stereocenters. The molecule has 98 valence electrons. The molecule has 1 fully saturated rings. The first-order valence-electron chi connectivity index (χ1n) is 6.44. The van der Waals surface area contributed by atoms with E-state index in [9.17, 15) is 9.90 Å². The van der Waals surface area contributed by atoms with Crippen LogP contribution < -0.4 is 5.32 Å². The van der Waals surface area contributed by atoms with E-state index in [2.05, 4.69) is 5.32 Å². The van der Waals surface area contributed by atoms with Gasteiger partial charge >= 0.3 is 0 Å². The molecule has 18 heavy (non-hydrogen) atoms. The molecular formula is C14H20N2O2. The normalized spacial score (nSPS) is 19.8. The molecule has 0 aliphatic carbocycles. The molecule has 2 N–H and O–H groups in total. The number of hydrogen-bond donors (Lipinski definition) is 2. The number of piperidine rings is 1. The molecule has 0 radical (unpaired) electrons. The van der Waals surface area contributed by atoms with Crippen molar-refractivity contribution in [2.24, 2.45) is 5.92 Å². The van der Waals surface area contributed by atoms with Crippen molar-refractivity contribution in [2.75, 3.05) is 26.7 Å². The maximum atomic E-state index is 12.3. The summed E-state index contributed by atoms with van der Waals surface area (Å²) in [4.78, 5) is 14.2. The molecule has 1 saturated heterocycles. The summed E-state index contributed by atoms with van der Waals surface area (Å²) in [5.41, 5.74) is 0.405. The Morgan fingerprint density at radius 3 is 3.00 bits per heavy atom. The van der Waals surface area contributed by atoms with Gasteiger partial charge in [0.1, 0.15) is 5.75 Å². The topological polar surface area (TPSA) is 52.6 Å². The van der Waals surface area contributed by atoms with Crippen LogP contribution >= 0.6 is 0 Å². The van der Waals surface area contributed by atoms with E-state index >= 15 is 0 Å². The monoisotopic (exact) mass is 248 g/mol. The zero-order valence-corrected chi connectivity index (χ0v) is 10.7. The van der Waals surface area contributed by atoms with Gasteiger partial charge in [-0.2, -0.15) is 0 Å². The number of rotatable bonds is 3. The lowest BCUT2D eigenvalue weighted by Crippen LogP contribution is -2.42. The van der Waals surface area contributed by atoms with Crippen molar-refractivity contribution in [3.05, 3.63) is 29.8 Å². The van der Waals surface area contributed by atoms with Gasteiger partial charge in [0.05, 0.1) is 5.56 Å². The number of aromatic hydroxyl groups is 1. The minimum Gasteiger partial charge on any atom is -0.507 e. The molecular weight excluding hydrogens is 228 g/mol. The fourth-order valence-corrected chi connectivity index (χ4v) is 2.53. The van der Waals surface area contributed by atoms with E-state index in [1.165, 1.54) is 0 Å². The second kappa shape index (κ2) is 5.87. The van der Waals surface area contributed by atoms with Crippen molar-refractivity contribution in [1.82, 2.24) is 10.2 Å². The van der Waals surface area contributed by atoms with Gasteiger partial charge in [0.2, 0.25) is 0 Å². The number of nitrogens with zero attached hydrogens (tertiary/aromatic N) is 1. The van der Waals surface area contributed by atoms with Crippen molar-refractivity contribution < 1.29 is 9.90 Å². The minimum absolute atomic E-state index is 0.0612. The highest BCUT2D eigenvalue weighted by Gasteiger charge is 2.25. The second-order valence-electron chi connectivity index (χ2n) is 4.83. The lowest BCUT2D eigenvalue weighted by Gasteiger charge is -2.32. The number of hydrogen-bond acceptors (Lipinski definition) is 3. The fraction of sp³-hybridized carbons (Fsp3) is 0.500. The lowest BCUT2D eigenvalue weighted by atomic mass is 9.97.